The Balaban J connectivity index is 1.38. The second-order valence-corrected chi connectivity index (χ2v) is 10.9. The number of nitrogens with two attached hydrogens (primary N) is 1. The molecule has 3 N–H and O–H groups in total. The van der Waals surface area contributed by atoms with Gasteiger partial charge in [0.25, 0.3) is 11.8 Å². The number of hydrogen-bond donors (Lipinski definition) is 2. The molecule has 2 unspecified atom stereocenters. The SMILES string of the molecule is NC(=O)c1cc(-c2cccnc2[C@H](Cc2cc(F)cc(F)c2)NC(=O)Cn2nc(C(F)(F)F)c3c2C(F)(F)C2CC32)ccc1F. The third-order valence-electron chi connectivity index (χ3n) is 7.90. The van der Waals surface area contributed by atoms with Gasteiger partial charge in [0.05, 0.1) is 17.3 Å². The minimum atomic E-state index is -5.04. The number of rotatable bonds is 8. The van der Waals surface area contributed by atoms with E-state index >= 15 is 8.78 Å². The summed E-state index contributed by atoms with van der Waals surface area (Å²) < 4.78 is 114. The van der Waals surface area contributed by atoms with Crippen molar-refractivity contribution >= 4 is 11.8 Å². The van der Waals surface area contributed by atoms with Crippen LogP contribution in [0.15, 0.2) is 54.7 Å². The number of carbonyl (C=O) groups excluding carboxylic acids is 2. The van der Waals surface area contributed by atoms with Crippen molar-refractivity contribution in [2.75, 3.05) is 0 Å². The minimum absolute atomic E-state index is 0.0392. The van der Waals surface area contributed by atoms with Crippen LogP contribution in [-0.2, 0) is 29.9 Å². The highest BCUT2D eigenvalue weighted by molar-refractivity contribution is 5.94. The van der Waals surface area contributed by atoms with Crippen LogP contribution in [0.5, 0.6) is 0 Å². The predicted octanol–water partition coefficient (Wildman–Crippen LogP) is 5.79. The fourth-order valence-electron chi connectivity index (χ4n) is 5.97. The molecule has 0 saturated heterocycles. The van der Waals surface area contributed by atoms with E-state index in [2.05, 4.69) is 15.4 Å². The van der Waals surface area contributed by atoms with Crippen molar-refractivity contribution in [2.45, 2.75) is 43.4 Å². The van der Waals surface area contributed by atoms with Crippen LogP contribution in [0.1, 0.15) is 56.9 Å². The summed E-state index contributed by atoms with van der Waals surface area (Å²) in [6, 6.07) is 7.71. The molecule has 4 aromatic rings. The van der Waals surface area contributed by atoms with E-state index in [0.717, 1.165) is 24.3 Å². The Morgan fingerprint density at radius 3 is 2.44 bits per heavy atom. The molecule has 0 aliphatic heterocycles. The highest BCUT2D eigenvalue weighted by atomic mass is 19.4. The number of halogens is 8. The summed E-state index contributed by atoms with van der Waals surface area (Å²) in [4.78, 5) is 29.4. The van der Waals surface area contributed by atoms with E-state index < -0.39 is 88.3 Å². The van der Waals surface area contributed by atoms with E-state index in [1.165, 1.54) is 24.4 Å². The average molecular weight is 636 g/mol. The molecule has 45 heavy (non-hydrogen) atoms. The molecule has 2 aromatic carbocycles. The second kappa shape index (κ2) is 10.7. The molecule has 2 heterocycles. The number of nitrogens with zero attached hydrogens (tertiary/aromatic N) is 3. The lowest BCUT2D eigenvalue weighted by atomic mass is 9.94. The lowest BCUT2D eigenvalue weighted by Crippen LogP contribution is -2.35. The van der Waals surface area contributed by atoms with Crippen LogP contribution in [0.4, 0.5) is 35.1 Å². The van der Waals surface area contributed by atoms with Gasteiger partial charge in [-0.1, -0.05) is 12.1 Å². The van der Waals surface area contributed by atoms with Crippen LogP contribution >= 0.6 is 0 Å². The van der Waals surface area contributed by atoms with Gasteiger partial charge in [-0.25, -0.2) is 13.2 Å². The van der Waals surface area contributed by atoms with Crippen molar-refractivity contribution in [3.63, 3.8) is 0 Å². The van der Waals surface area contributed by atoms with Crippen molar-refractivity contribution in [3.8, 4) is 11.1 Å². The van der Waals surface area contributed by atoms with Crippen LogP contribution < -0.4 is 11.1 Å². The first kappa shape index (κ1) is 30.2. The first-order valence-corrected chi connectivity index (χ1v) is 13.5. The zero-order valence-corrected chi connectivity index (χ0v) is 22.8. The van der Waals surface area contributed by atoms with E-state index in [0.29, 0.717) is 10.7 Å². The monoisotopic (exact) mass is 635 g/mol. The summed E-state index contributed by atoms with van der Waals surface area (Å²) in [6.45, 7) is -1.04. The molecule has 15 heteroatoms. The maximum absolute atomic E-state index is 15.0. The molecule has 1 fully saturated rings. The van der Waals surface area contributed by atoms with Crippen LogP contribution in [0, 0.1) is 23.4 Å². The largest absolute Gasteiger partial charge is 0.435 e. The Labute approximate surface area is 249 Å². The third kappa shape index (κ3) is 5.51. The molecule has 1 saturated carbocycles. The smallest absolute Gasteiger partial charge is 0.366 e. The van der Waals surface area contributed by atoms with Crippen molar-refractivity contribution in [1.82, 2.24) is 20.1 Å². The summed E-state index contributed by atoms with van der Waals surface area (Å²) >= 11 is 0. The van der Waals surface area contributed by atoms with Gasteiger partial charge in [-0.15, -0.1) is 0 Å². The molecule has 234 valence electrons. The number of primary amides is 1. The van der Waals surface area contributed by atoms with Gasteiger partial charge in [-0.05, 0) is 60.2 Å². The topological polar surface area (TPSA) is 103 Å². The average Bonchev–Trinajstić information content (AvgIpc) is 3.60. The molecular weight excluding hydrogens is 614 g/mol. The summed E-state index contributed by atoms with van der Waals surface area (Å²) in [7, 11) is 0. The van der Waals surface area contributed by atoms with Crippen molar-refractivity contribution in [2.24, 2.45) is 11.7 Å². The maximum Gasteiger partial charge on any atom is 0.435 e. The zero-order chi connectivity index (χ0) is 32.4. The Bertz CT molecular complexity index is 1830. The summed E-state index contributed by atoms with van der Waals surface area (Å²) in [5.74, 6) is -10.9. The predicted molar refractivity (Wildman–Crippen MR) is 141 cm³/mol. The fourth-order valence-corrected chi connectivity index (χ4v) is 5.97. The van der Waals surface area contributed by atoms with Gasteiger partial charge < -0.3 is 11.1 Å². The fraction of sp³-hybridized carbons (Fsp3) is 0.267. The van der Waals surface area contributed by atoms with Gasteiger partial charge >= 0.3 is 6.18 Å². The number of aromatic nitrogens is 3. The van der Waals surface area contributed by atoms with Crippen molar-refractivity contribution in [3.05, 3.63) is 106 Å². The van der Waals surface area contributed by atoms with Gasteiger partial charge in [0.2, 0.25) is 5.91 Å². The first-order chi connectivity index (χ1) is 21.1. The second-order valence-electron chi connectivity index (χ2n) is 10.9. The molecule has 2 aliphatic rings. The van der Waals surface area contributed by atoms with Gasteiger partial charge in [-0.2, -0.15) is 27.1 Å². The van der Waals surface area contributed by atoms with E-state index in [-0.39, 0.29) is 35.2 Å². The number of hydrogen-bond acceptors (Lipinski definition) is 4. The third-order valence-corrected chi connectivity index (χ3v) is 7.90. The maximum atomic E-state index is 15.0. The highest BCUT2D eigenvalue weighted by Crippen LogP contribution is 2.68. The lowest BCUT2D eigenvalue weighted by Gasteiger charge is -2.22. The quantitative estimate of drug-likeness (QED) is 0.240. The van der Waals surface area contributed by atoms with Crippen molar-refractivity contribution in [1.29, 1.82) is 0 Å². The number of alkyl halides is 5. The molecule has 3 atom stereocenters. The summed E-state index contributed by atoms with van der Waals surface area (Å²) in [5, 5.41) is 5.88. The van der Waals surface area contributed by atoms with Gasteiger partial charge in [-0.3, -0.25) is 19.3 Å². The molecule has 2 aliphatic carbocycles. The standard InChI is InChI=1S/C30H21F8N5O2/c31-15-6-13(7-16(32)10-15)8-22(25-17(2-1-5-40-25)14-3-4-21(33)19(9-14)28(39)45)41-23(44)12-43-27-24(26(42-43)30(36,37)38)18-11-20(18)29(27,34)35/h1-7,9-10,18,20,22H,8,11-12H2,(H2,39,45)(H,41,44)/t18?,20?,22-/m0/s1. The van der Waals surface area contributed by atoms with E-state index in [4.69, 9.17) is 5.73 Å². The zero-order valence-electron chi connectivity index (χ0n) is 22.8. The van der Waals surface area contributed by atoms with E-state index in [1.54, 1.807) is 0 Å². The van der Waals surface area contributed by atoms with Crippen LogP contribution in [0.25, 0.3) is 11.1 Å². The number of carbonyl (C=O) groups is 2. The Hall–Kier alpha value is -4.82. The normalized spacial score (nSPS) is 18.7. The summed E-state index contributed by atoms with van der Waals surface area (Å²) in [6.07, 6.45) is -4.17. The number of fused-ring (bicyclic) bond motifs is 3. The van der Waals surface area contributed by atoms with Crippen LogP contribution in [-0.4, -0.2) is 26.6 Å². The highest BCUT2D eigenvalue weighted by Gasteiger charge is 2.68. The summed E-state index contributed by atoms with van der Waals surface area (Å²) in [5.41, 5.74) is 2.28. The van der Waals surface area contributed by atoms with E-state index in [1.807, 2.05) is 0 Å². The van der Waals surface area contributed by atoms with Crippen LogP contribution in [0.2, 0.25) is 0 Å². The molecular formula is C30H21F8N5O2. The molecule has 0 spiro atoms. The number of nitrogens with one attached hydrogen (secondary N) is 1. The molecule has 2 amide bonds. The molecule has 2 aromatic heterocycles. The Morgan fingerprint density at radius 2 is 1.78 bits per heavy atom. The van der Waals surface area contributed by atoms with E-state index in [9.17, 15) is 35.9 Å². The number of benzene rings is 2. The first-order valence-electron chi connectivity index (χ1n) is 13.5. The number of amides is 2. The van der Waals surface area contributed by atoms with Gasteiger partial charge in [0.1, 0.15) is 29.7 Å². The Morgan fingerprint density at radius 1 is 1.07 bits per heavy atom. The molecule has 6 rings (SSSR count). The molecule has 0 bridgehead atoms. The van der Waals surface area contributed by atoms with Gasteiger partial charge in [0, 0.05) is 29.3 Å². The van der Waals surface area contributed by atoms with Crippen LogP contribution in [0.3, 0.4) is 0 Å². The number of pyridine rings is 1. The minimum Gasteiger partial charge on any atom is -0.366 e. The molecule has 7 nitrogen and oxygen atoms in total. The molecule has 0 radical (unpaired) electrons. The van der Waals surface area contributed by atoms with Gasteiger partial charge in [0.15, 0.2) is 5.69 Å². The Kier molecular flexibility index (Phi) is 7.16. The lowest BCUT2D eigenvalue weighted by molar-refractivity contribution is -0.142. The van der Waals surface area contributed by atoms with Crippen molar-refractivity contribution < 1.29 is 44.7 Å².